The molecule has 0 aliphatic carbocycles. The predicted octanol–water partition coefficient (Wildman–Crippen LogP) is 4.54. The highest BCUT2D eigenvalue weighted by Gasteiger charge is 2.21. The van der Waals surface area contributed by atoms with Gasteiger partial charge in [-0.15, -0.1) is 0 Å². The minimum absolute atomic E-state index is 0.106. The first-order valence-electron chi connectivity index (χ1n) is 9.19. The van der Waals surface area contributed by atoms with Gasteiger partial charge >= 0.3 is 0 Å². The number of carbonyl (C=O) groups is 1. The van der Waals surface area contributed by atoms with Crippen molar-refractivity contribution in [3.05, 3.63) is 102 Å². The Balaban J connectivity index is 1.61. The number of fused-ring (bicyclic) bond motifs is 1. The molecule has 0 aliphatic heterocycles. The summed E-state index contributed by atoms with van der Waals surface area (Å²) < 4.78 is 13.9. The number of aromatic amines is 1. The maximum atomic E-state index is 13.9. The second kappa shape index (κ2) is 8.05. The maximum Gasteiger partial charge on any atom is 0.221 e. The molecule has 0 bridgehead atoms. The molecule has 0 saturated heterocycles. The molecular formula is C23H20FN3O. The summed E-state index contributed by atoms with van der Waals surface area (Å²) in [5, 5.41) is 3.95. The summed E-state index contributed by atoms with van der Waals surface area (Å²) in [6.07, 6.45) is 3.83. The number of hydrogen-bond acceptors (Lipinski definition) is 2. The van der Waals surface area contributed by atoms with Gasteiger partial charge in [0.15, 0.2) is 0 Å². The normalized spacial score (nSPS) is 12.0. The largest absolute Gasteiger partial charge is 0.361 e. The SMILES string of the molecule is O=C(CC(c1cccc(F)c1)c1c[nH]c2ccccc12)NCc1ccccn1. The topological polar surface area (TPSA) is 57.8 Å². The maximum absolute atomic E-state index is 13.9. The molecule has 1 atom stereocenters. The van der Waals surface area contributed by atoms with Crippen molar-refractivity contribution in [2.75, 3.05) is 0 Å². The number of benzene rings is 2. The number of nitrogens with one attached hydrogen (secondary N) is 2. The van der Waals surface area contributed by atoms with Gasteiger partial charge in [-0.25, -0.2) is 4.39 Å². The van der Waals surface area contributed by atoms with Crippen molar-refractivity contribution in [2.45, 2.75) is 18.9 Å². The van der Waals surface area contributed by atoms with Crippen LogP contribution in [0.3, 0.4) is 0 Å². The third-order valence-corrected chi connectivity index (χ3v) is 4.83. The molecule has 1 amide bonds. The van der Waals surface area contributed by atoms with Crippen LogP contribution in [0.25, 0.3) is 10.9 Å². The lowest BCUT2D eigenvalue weighted by Gasteiger charge is -2.17. The third-order valence-electron chi connectivity index (χ3n) is 4.83. The second-order valence-electron chi connectivity index (χ2n) is 6.70. The Morgan fingerprint density at radius 1 is 1.07 bits per heavy atom. The van der Waals surface area contributed by atoms with Crippen molar-refractivity contribution in [3.63, 3.8) is 0 Å². The number of para-hydroxylation sites is 1. The highest BCUT2D eigenvalue weighted by molar-refractivity contribution is 5.86. The third kappa shape index (κ3) is 3.93. The number of rotatable bonds is 6. The van der Waals surface area contributed by atoms with E-state index in [0.717, 1.165) is 27.7 Å². The minimum Gasteiger partial charge on any atom is -0.361 e. The number of carbonyl (C=O) groups excluding carboxylic acids is 1. The fourth-order valence-electron chi connectivity index (χ4n) is 3.46. The van der Waals surface area contributed by atoms with E-state index in [4.69, 9.17) is 0 Å². The molecule has 0 aliphatic rings. The van der Waals surface area contributed by atoms with E-state index in [1.807, 2.05) is 54.7 Å². The zero-order valence-corrected chi connectivity index (χ0v) is 15.2. The van der Waals surface area contributed by atoms with Gasteiger partial charge in [-0.2, -0.15) is 0 Å². The molecule has 0 saturated carbocycles. The predicted molar refractivity (Wildman–Crippen MR) is 107 cm³/mol. The summed E-state index contributed by atoms with van der Waals surface area (Å²) in [6, 6.07) is 20.0. The first kappa shape index (κ1) is 17.9. The lowest BCUT2D eigenvalue weighted by Crippen LogP contribution is -2.25. The Kier molecular flexibility index (Phi) is 5.15. The Morgan fingerprint density at radius 3 is 2.75 bits per heavy atom. The Bertz CT molecular complexity index is 1090. The van der Waals surface area contributed by atoms with Gasteiger partial charge in [-0.1, -0.05) is 36.4 Å². The Labute approximate surface area is 162 Å². The molecule has 2 N–H and O–H groups in total. The number of amides is 1. The molecule has 2 aromatic carbocycles. The van der Waals surface area contributed by atoms with Crippen LogP contribution in [-0.4, -0.2) is 15.9 Å². The van der Waals surface area contributed by atoms with Crippen LogP contribution in [0.4, 0.5) is 4.39 Å². The Morgan fingerprint density at radius 2 is 1.93 bits per heavy atom. The first-order valence-corrected chi connectivity index (χ1v) is 9.19. The lowest BCUT2D eigenvalue weighted by atomic mass is 9.88. The van der Waals surface area contributed by atoms with Crippen LogP contribution >= 0.6 is 0 Å². The Hall–Kier alpha value is -3.47. The highest BCUT2D eigenvalue weighted by atomic mass is 19.1. The van der Waals surface area contributed by atoms with Crippen molar-refractivity contribution < 1.29 is 9.18 Å². The van der Waals surface area contributed by atoms with Crippen LogP contribution in [0.2, 0.25) is 0 Å². The van der Waals surface area contributed by atoms with Gasteiger partial charge in [0.2, 0.25) is 5.91 Å². The molecular weight excluding hydrogens is 353 g/mol. The minimum atomic E-state index is -0.309. The molecule has 0 spiro atoms. The van der Waals surface area contributed by atoms with Gasteiger partial charge in [-0.3, -0.25) is 9.78 Å². The van der Waals surface area contributed by atoms with Crippen LogP contribution in [0.5, 0.6) is 0 Å². The molecule has 4 nitrogen and oxygen atoms in total. The second-order valence-corrected chi connectivity index (χ2v) is 6.70. The summed E-state index contributed by atoms with van der Waals surface area (Å²) in [4.78, 5) is 20.1. The zero-order valence-electron chi connectivity index (χ0n) is 15.2. The first-order chi connectivity index (χ1) is 13.7. The molecule has 4 aromatic rings. The fourth-order valence-corrected chi connectivity index (χ4v) is 3.46. The summed E-state index contributed by atoms with van der Waals surface area (Å²) >= 11 is 0. The number of H-pyrrole nitrogens is 1. The molecule has 5 heteroatoms. The van der Waals surface area contributed by atoms with Crippen molar-refractivity contribution in [2.24, 2.45) is 0 Å². The average Bonchev–Trinajstić information content (AvgIpc) is 3.15. The number of nitrogens with zero attached hydrogens (tertiary/aromatic N) is 1. The molecule has 2 heterocycles. The molecule has 0 fully saturated rings. The highest BCUT2D eigenvalue weighted by Crippen LogP contribution is 2.33. The fraction of sp³-hybridized carbons (Fsp3) is 0.130. The van der Waals surface area contributed by atoms with E-state index in [1.54, 1.807) is 12.3 Å². The van der Waals surface area contributed by atoms with E-state index in [9.17, 15) is 9.18 Å². The van der Waals surface area contributed by atoms with Crippen molar-refractivity contribution >= 4 is 16.8 Å². The molecule has 28 heavy (non-hydrogen) atoms. The summed E-state index contributed by atoms with van der Waals surface area (Å²) in [6.45, 7) is 0.365. The zero-order chi connectivity index (χ0) is 19.3. The van der Waals surface area contributed by atoms with Crippen LogP contribution in [0.1, 0.15) is 29.2 Å². The van der Waals surface area contributed by atoms with Crippen molar-refractivity contribution in [1.82, 2.24) is 15.3 Å². The van der Waals surface area contributed by atoms with Gasteiger partial charge in [0.25, 0.3) is 0 Å². The molecule has 140 valence electrons. The average molecular weight is 373 g/mol. The van der Waals surface area contributed by atoms with E-state index in [2.05, 4.69) is 15.3 Å². The van der Waals surface area contributed by atoms with Crippen molar-refractivity contribution in [3.8, 4) is 0 Å². The van der Waals surface area contributed by atoms with E-state index in [0.29, 0.717) is 6.54 Å². The van der Waals surface area contributed by atoms with E-state index >= 15 is 0 Å². The van der Waals surface area contributed by atoms with Gasteiger partial charge in [0.05, 0.1) is 12.2 Å². The van der Waals surface area contributed by atoms with Crippen LogP contribution in [0.15, 0.2) is 79.1 Å². The van der Waals surface area contributed by atoms with Crippen LogP contribution < -0.4 is 5.32 Å². The van der Waals surface area contributed by atoms with E-state index < -0.39 is 0 Å². The monoisotopic (exact) mass is 373 g/mol. The van der Waals surface area contributed by atoms with Gasteiger partial charge in [-0.05, 0) is 41.5 Å². The number of hydrogen-bond donors (Lipinski definition) is 2. The molecule has 4 rings (SSSR count). The van der Waals surface area contributed by atoms with Gasteiger partial charge in [0, 0.05) is 35.6 Å². The summed E-state index contributed by atoms with van der Waals surface area (Å²) in [5.74, 6) is -0.669. The number of pyridine rings is 1. The lowest BCUT2D eigenvalue weighted by molar-refractivity contribution is -0.121. The standard InChI is InChI=1S/C23H20FN3O/c24-17-7-5-6-16(12-17)20(21-15-26-22-10-2-1-9-19(21)22)13-23(28)27-14-18-8-3-4-11-25-18/h1-12,15,20,26H,13-14H2,(H,27,28). The number of halogens is 1. The summed E-state index contributed by atoms with van der Waals surface area (Å²) in [7, 11) is 0. The summed E-state index contributed by atoms with van der Waals surface area (Å²) in [5.41, 5.74) is 3.55. The molecule has 2 aromatic heterocycles. The van der Waals surface area contributed by atoms with Crippen molar-refractivity contribution in [1.29, 1.82) is 0 Å². The van der Waals surface area contributed by atoms with Gasteiger partial charge in [0.1, 0.15) is 5.82 Å². The smallest absolute Gasteiger partial charge is 0.221 e. The van der Waals surface area contributed by atoms with Gasteiger partial charge < -0.3 is 10.3 Å². The molecule has 1 unspecified atom stereocenters. The quantitative estimate of drug-likeness (QED) is 0.521. The van der Waals surface area contributed by atoms with E-state index in [1.165, 1.54) is 12.1 Å². The van der Waals surface area contributed by atoms with E-state index in [-0.39, 0.29) is 24.1 Å². The van der Waals surface area contributed by atoms with Crippen LogP contribution in [-0.2, 0) is 11.3 Å². The van der Waals surface area contributed by atoms with Crippen LogP contribution in [0, 0.1) is 5.82 Å². The number of aromatic nitrogens is 2. The molecule has 0 radical (unpaired) electrons.